The minimum Gasteiger partial charge on any atom is -0.455 e. The van der Waals surface area contributed by atoms with Crippen molar-refractivity contribution in [2.45, 2.75) is 5.41 Å². The lowest BCUT2D eigenvalue weighted by molar-refractivity contribution is 0.672. The Bertz CT molecular complexity index is 3420. The van der Waals surface area contributed by atoms with Crippen molar-refractivity contribution in [3.63, 3.8) is 0 Å². The van der Waals surface area contributed by atoms with Crippen LogP contribution < -0.4 is 0 Å². The van der Waals surface area contributed by atoms with Crippen LogP contribution >= 0.6 is 0 Å². The summed E-state index contributed by atoms with van der Waals surface area (Å²) in [6, 6.07) is 72.1. The molecule has 0 atom stereocenters. The summed E-state index contributed by atoms with van der Waals surface area (Å²) in [5.74, 6) is 0. The molecule has 1 aromatic heterocycles. The fraction of sp³-hybridized carbons (Fsp3) is 0.0182. The zero-order chi connectivity index (χ0) is 36.5. The summed E-state index contributed by atoms with van der Waals surface area (Å²) in [6.07, 6.45) is 0. The molecule has 56 heavy (non-hydrogen) atoms. The van der Waals surface area contributed by atoms with E-state index in [-0.39, 0.29) is 5.41 Å². The minimum atomic E-state index is -0.357. The van der Waals surface area contributed by atoms with Gasteiger partial charge in [-0.2, -0.15) is 0 Å². The molecule has 13 rings (SSSR count). The monoisotopic (exact) mass is 708 g/mol. The van der Waals surface area contributed by atoms with Crippen molar-refractivity contribution in [1.29, 1.82) is 0 Å². The molecule has 2 aliphatic carbocycles. The zero-order valence-electron chi connectivity index (χ0n) is 30.4. The van der Waals surface area contributed by atoms with E-state index < -0.39 is 0 Å². The third-order valence-corrected chi connectivity index (χ3v) is 12.8. The second-order valence-corrected chi connectivity index (χ2v) is 15.6. The number of benzene rings is 10. The van der Waals surface area contributed by atoms with E-state index in [2.05, 4.69) is 194 Å². The van der Waals surface area contributed by atoms with Gasteiger partial charge in [0.2, 0.25) is 0 Å². The van der Waals surface area contributed by atoms with E-state index in [1.165, 1.54) is 93.7 Å². The minimum absolute atomic E-state index is 0.357. The van der Waals surface area contributed by atoms with Crippen molar-refractivity contribution >= 4 is 54.3 Å². The van der Waals surface area contributed by atoms with Gasteiger partial charge in [0.15, 0.2) is 0 Å². The van der Waals surface area contributed by atoms with E-state index in [1.54, 1.807) is 0 Å². The van der Waals surface area contributed by atoms with Gasteiger partial charge < -0.3 is 4.42 Å². The quantitative estimate of drug-likeness (QED) is 0.174. The predicted octanol–water partition coefficient (Wildman–Crippen LogP) is 14.7. The summed E-state index contributed by atoms with van der Waals surface area (Å²) in [6.45, 7) is 0. The number of furan rings is 1. The Morgan fingerprint density at radius 1 is 0.304 bits per heavy atom. The number of hydrogen-bond acceptors (Lipinski definition) is 1. The standard InChI is InChI=1S/C55H32O/c1-2-10-42-33(9-1)21-27-47-48-32-39(24-28-52(48)56-54(42)47)37-20-19-34-29-36(18-17-35(34)30-37)38-22-25-41-40(31-38)23-26-46-45-13-5-8-16-51(45)55(53(41)46)49-14-6-3-11-43(49)44-12-4-7-15-50(44)55/h1-32H. The van der Waals surface area contributed by atoms with Gasteiger partial charge >= 0.3 is 0 Å². The molecular formula is C55H32O. The van der Waals surface area contributed by atoms with Crippen molar-refractivity contribution in [2.24, 2.45) is 0 Å². The molecule has 1 nitrogen and oxygen atoms in total. The Morgan fingerprint density at radius 3 is 1.50 bits per heavy atom. The molecule has 0 saturated heterocycles. The third kappa shape index (κ3) is 3.89. The first kappa shape index (κ1) is 30.1. The van der Waals surface area contributed by atoms with Crippen molar-refractivity contribution in [3.05, 3.63) is 216 Å². The van der Waals surface area contributed by atoms with Crippen LogP contribution in [-0.2, 0) is 5.41 Å². The molecule has 0 unspecified atom stereocenters. The van der Waals surface area contributed by atoms with Gasteiger partial charge in [0, 0.05) is 16.2 Å². The highest BCUT2D eigenvalue weighted by atomic mass is 16.3. The van der Waals surface area contributed by atoms with Crippen molar-refractivity contribution in [1.82, 2.24) is 0 Å². The Morgan fingerprint density at radius 2 is 0.804 bits per heavy atom. The second kappa shape index (κ2) is 10.9. The molecule has 0 bridgehead atoms. The highest BCUT2D eigenvalue weighted by Crippen LogP contribution is 2.64. The Kier molecular flexibility index (Phi) is 5.89. The second-order valence-electron chi connectivity index (χ2n) is 15.6. The van der Waals surface area contributed by atoms with Gasteiger partial charge in [0.05, 0.1) is 5.41 Å². The van der Waals surface area contributed by atoms with E-state index in [4.69, 9.17) is 4.42 Å². The summed E-state index contributed by atoms with van der Waals surface area (Å²) in [7, 11) is 0. The summed E-state index contributed by atoms with van der Waals surface area (Å²) in [4.78, 5) is 0. The van der Waals surface area contributed by atoms with Crippen LogP contribution in [0.5, 0.6) is 0 Å². The molecule has 1 heteroatoms. The summed E-state index contributed by atoms with van der Waals surface area (Å²) < 4.78 is 6.40. The maximum Gasteiger partial charge on any atom is 0.143 e. The lowest BCUT2D eigenvalue weighted by Gasteiger charge is -2.31. The Balaban J connectivity index is 0.916. The molecular weight excluding hydrogens is 677 g/mol. The third-order valence-electron chi connectivity index (χ3n) is 12.8. The highest BCUT2D eigenvalue weighted by molar-refractivity contribution is 6.15. The number of rotatable bonds is 2. The van der Waals surface area contributed by atoms with Crippen LogP contribution in [-0.4, -0.2) is 0 Å². The maximum absolute atomic E-state index is 6.40. The molecule has 1 heterocycles. The Hall–Kier alpha value is -7.22. The molecule has 0 saturated carbocycles. The van der Waals surface area contributed by atoms with E-state index in [0.717, 1.165) is 27.3 Å². The van der Waals surface area contributed by atoms with Gasteiger partial charge in [-0.1, -0.05) is 158 Å². The van der Waals surface area contributed by atoms with Crippen LogP contribution in [0.1, 0.15) is 22.3 Å². The van der Waals surface area contributed by atoms with Crippen LogP contribution in [0.2, 0.25) is 0 Å². The van der Waals surface area contributed by atoms with E-state index in [1.807, 2.05) is 0 Å². The smallest absolute Gasteiger partial charge is 0.143 e. The van der Waals surface area contributed by atoms with Crippen LogP contribution in [0.25, 0.3) is 98.8 Å². The average molecular weight is 709 g/mol. The largest absolute Gasteiger partial charge is 0.455 e. The van der Waals surface area contributed by atoms with Crippen molar-refractivity contribution in [2.75, 3.05) is 0 Å². The van der Waals surface area contributed by atoms with E-state index >= 15 is 0 Å². The molecule has 11 aromatic rings. The average Bonchev–Trinajstić information content (AvgIpc) is 3.90. The van der Waals surface area contributed by atoms with Gasteiger partial charge in [0.25, 0.3) is 0 Å². The van der Waals surface area contributed by atoms with Gasteiger partial charge in [-0.25, -0.2) is 0 Å². The van der Waals surface area contributed by atoms with Crippen molar-refractivity contribution in [3.8, 4) is 44.5 Å². The van der Waals surface area contributed by atoms with Crippen LogP contribution in [0.3, 0.4) is 0 Å². The van der Waals surface area contributed by atoms with Gasteiger partial charge in [-0.3, -0.25) is 0 Å². The highest BCUT2D eigenvalue weighted by Gasteiger charge is 2.52. The molecule has 0 aliphatic heterocycles. The van der Waals surface area contributed by atoms with Crippen molar-refractivity contribution < 1.29 is 4.42 Å². The fourth-order valence-electron chi connectivity index (χ4n) is 10.4. The number of fused-ring (bicyclic) bond motifs is 18. The lowest BCUT2D eigenvalue weighted by atomic mass is 9.69. The summed E-state index contributed by atoms with van der Waals surface area (Å²) in [5, 5.41) is 9.69. The van der Waals surface area contributed by atoms with Gasteiger partial charge in [0.1, 0.15) is 11.2 Å². The molecule has 0 N–H and O–H groups in total. The van der Waals surface area contributed by atoms with E-state index in [0.29, 0.717) is 0 Å². The first-order chi connectivity index (χ1) is 27.7. The van der Waals surface area contributed by atoms with E-state index in [9.17, 15) is 0 Å². The molecule has 2 aliphatic rings. The van der Waals surface area contributed by atoms with Crippen LogP contribution in [0.15, 0.2) is 199 Å². The van der Waals surface area contributed by atoms with Crippen LogP contribution in [0, 0.1) is 0 Å². The number of hydrogen-bond donors (Lipinski definition) is 0. The predicted molar refractivity (Wildman–Crippen MR) is 233 cm³/mol. The molecule has 0 fully saturated rings. The zero-order valence-corrected chi connectivity index (χ0v) is 30.4. The normalized spacial score (nSPS) is 13.5. The maximum atomic E-state index is 6.40. The molecule has 1 spiro atoms. The summed E-state index contributed by atoms with van der Waals surface area (Å²) >= 11 is 0. The molecule has 258 valence electrons. The van der Waals surface area contributed by atoms with Gasteiger partial charge in [-0.05, 0) is 130 Å². The molecule has 0 amide bonds. The lowest BCUT2D eigenvalue weighted by Crippen LogP contribution is -2.26. The van der Waals surface area contributed by atoms with Crippen LogP contribution in [0.4, 0.5) is 0 Å². The SMILES string of the molecule is c1ccc2c(c1)-c1ccccc1C21c2ccccc2-c2ccc3cc(-c4ccc5cc(-c6ccc7oc8c9ccccc9ccc8c7c6)ccc5c4)ccc3c21. The van der Waals surface area contributed by atoms with Gasteiger partial charge in [-0.15, -0.1) is 0 Å². The summed E-state index contributed by atoms with van der Waals surface area (Å²) in [5.41, 5.74) is 17.2. The first-order valence-corrected chi connectivity index (χ1v) is 19.5. The fourth-order valence-corrected chi connectivity index (χ4v) is 10.4. The topological polar surface area (TPSA) is 13.1 Å². The molecule has 10 aromatic carbocycles. The Labute approximate surface area is 323 Å². The first-order valence-electron chi connectivity index (χ1n) is 19.5. The molecule has 0 radical (unpaired) electrons.